The van der Waals surface area contributed by atoms with Crippen molar-refractivity contribution in [3.8, 4) is 0 Å². The zero-order chi connectivity index (χ0) is 15.2. The fourth-order valence-electron chi connectivity index (χ4n) is 2.88. The zero-order valence-corrected chi connectivity index (χ0v) is 12.5. The lowest BCUT2D eigenvalue weighted by Gasteiger charge is -2.23. The summed E-state index contributed by atoms with van der Waals surface area (Å²) in [6.45, 7) is 2.30. The number of rotatable bonds is 6. The van der Waals surface area contributed by atoms with Crippen LogP contribution in [0.15, 0.2) is 6.20 Å². The van der Waals surface area contributed by atoms with Crippen LogP contribution >= 0.6 is 0 Å². The molecule has 1 aliphatic rings. The van der Waals surface area contributed by atoms with Crippen LogP contribution in [0.25, 0.3) is 0 Å². The van der Waals surface area contributed by atoms with Gasteiger partial charge in [-0.25, -0.2) is 0 Å². The average molecular weight is 293 g/mol. The highest BCUT2D eigenvalue weighted by Crippen LogP contribution is 2.29. The highest BCUT2D eigenvalue weighted by atomic mass is 16.4. The number of aromatic nitrogens is 2. The Bertz CT molecular complexity index is 504. The Morgan fingerprint density at radius 3 is 2.76 bits per heavy atom. The summed E-state index contributed by atoms with van der Waals surface area (Å²) in [5.41, 5.74) is 1.49. The van der Waals surface area contributed by atoms with Crippen LogP contribution in [-0.2, 0) is 4.79 Å². The molecule has 116 valence electrons. The van der Waals surface area contributed by atoms with Crippen LogP contribution in [0.2, 0.25) is 0 Å². The van der Waals surface area contributed by atoms with Crippen LogP contribution in [0.4, 0.5) is 0 Å². The second-order valence-corrected chi connectivity index (χ2v) is 5.63. The first-order valence-electron chi connectivity index (χ1n) is 7.63. The molecule has 2 N–H and O–H groups in total. The Kier molecular flexibility index (Phi) is 5.36. The molecule has 1 amide bonds. The van der Waals surface area contributed by atoms with Gasteiger partial charge in [0.15, 0.2) is 0 Å². The quantitative estimate of drug-likeness (QED) is 0.788. The minimum Gasteiger partial charge on any atom is -0.481 e. The Labute approximate surface area is 124 Å². The maximum atomic E-state index is 12.1. The largest absolute Gasteiger partial charge is 0.481 e. The fraction of sp³-hybridized carbons (Fsp3) is 0.667. The third-order valence-corrected chi connectivity index (χ3v) is 4.06. The molecule has 0 bridgehead atoms. The molecule has 0 aromatic carbocycles. The second-order valence-electron chi connectivity index (χ2n) is 5.63. The van der Waals surface area contributed by atoms with Crippen molar-refractivity contribution in [2.75, 3.05) is 6.54 Å². The zero-order valence-electron chi connectivity index (χ0n) is 12.5. The molecular formula is C15H23N3O3. The van der Waals surface area contributed by atoms with E-state index in [1.165, 1.54) is 19.3 Å². The number of carbonyl (C=O) groups excluding carboxylic acids is 1. The Hall–Kier alpha value is -1.85. The summed E-state index contributed by atoms with van der Waals surface area (Å²) in [5, 5.41) is 15.7. The standard InChI is InChI=1S/C15H23N3O3/c1-11-13(15(21)16-9-5-8-14(19)20)10-17-18(11)12-6-3-2-4-7-12/h10,12H,2-9H2,1H3,(H,16,21)(H,19,20). The van der Waals surface area contributed by atoms with Gasteiger partial charge in [0.2, 0.25) is 0 Å². The number of aliphatic carboxylic acids is 1. The number of carbonyl (C=O) groups is 2. The van der Waals surface area contributed by atoms with Crippen molar-refractivity contribution in [2.45, 2.75) is 57.9 Å². The first kappa shape index (κ1) is 15.5. The van der Waals surface area contributed by atoms with E-state index < -0.39 is 5.97 Å². The van der Waals surface area contributed by atoms with Gasteiger partial charge in [-0.2, -0.15) is 5.10 Å². The van der Waals surface area contributed by atoms with Crippen LogP contribution in [0.3, 0.4) is 0 Å². The minimum atomic E-state index is -0.842. The molecule has 0 atom stereocenters. The third kappa shape index (κ3) is 4.06. The van der Waals surface area contributed by atoms with Crippen LogP contribution in [0.5, 0.6) is 0 Å². The van der Waals surface area contributed by atoms with Crippen molar-refractivity contribution in [3.63, 3.8) is 0 Å². The number of hydrogen-bond donors (Lipinski definition) is 2. The van der Waals surface area contributed by atoms with Gasteiger partial charge in [-0.3, -0.25) is 14.3 Å². The predicted molar refractivity (Wildman–Crippen MR) is 78.3 cm³/mol. The molecule has 1 aromatic heterocycles. The van der Waals surface area contributed by atoms with Crippen LogP contribution < -0.4 is 5.32 Å². The molecule has 21 heavy (non-hydrogen) atoms. The van der Waals surface area contributed by atoms with Gasteiger partial charge >= 0.3 is 5.97 Å². The second kappa shape index (κ2) is 7.24. The molecule has 0 spiro atoms. The molecule has 1 heterocycles. The van der Waals surface area contributed by atoms with E-state index >= 15 is 0 Å². The summed E-state index contributed by atoms with van der Waals surface area (Å²) in [6.07, 6.45) is 8.12. The number of nitrogens with zero attached hydrogens (tertiary/aromatic N) is 2. The Morgan fingerprint density at radius 2 is 2.10 bits per heavy atom. The van der Waals surface area contributed by atoms with Gasteiger partial charge < -0.3 is 10.4 Å². The van der Waals surface area contributed by atoms with E-state index in [1.54, 1.807) is 6.20 Å². The van der Waals surface area contributed by atoms with Crippen molar-refractivity contribution < 1.29 is 14.7 Å². The summed E-state index contributed by atoms with van der Waals surface area (Å²) in [4.78, 5) is 22.5. The van der Waals surface area contributed by atoms with Gasteiger partial charge in [0.25, 0.3) is 5.91 Å². The number of amides is 1. The van der Waals surface area contributed by atoms with Crippen molar-refractivity contribution in [1.29, 1.82) is 0 Å². The van der Waals surface area contributed by atoms with Crippen molar-refractivity contribution in [2.24, 2.45) is 0 Å². The molecule has 2 rings (SSSR count). The summed E-state index contributed by atoms with van der Waals surface area (Å²) in [7, 11) is 0. The molecule has 1 aliphatic carbocycles. The molecule has 0 unspecified atom stereocenters. The minimum absolute atomic E-state index is 0.0700. The Balaban J connectivity index is 1.92. The summed E-state index contributed by atoms with van der Waals surface area (Å²) in [5.74, 6) is -1.01. The van der Waals surface area contributed by atoms with Gasteiger partial charge in [0, 0.05) is 18.7 Å². The topological polar surface area (TPSA) is 84.2 Å². The SMILES string of the molecule is Cc1c(C(=O)NCCCC(=O)O)cnn1C1CCCCC1. The lowest BCUT2D eigenvalue weighted by molar-refractivity contribution is -0.137. The van der Waals surface area contributed by atoms with Crippen molar-refractivity contribution in [1.82, 2.24) is 15.1 Å². The molecule has 0 saturated heterocycles. The number of carboxylic acids is 1. The lowest BCUT2D eigenvalue weighted by atomic mass is 9.95. The van der Waals surface area contributed by atoms with Gasteiger partial charge in [0.1, 0.15) is 0 Å². The maximum Gasteiger partial charge on any atom is 0.303 e. The Morgan fingerprint density at radius 1 is 1.38 bits per heavy atom. The van der Waals surface area contributed by atoms with Crippen LogP contribution in [-0.4, -0.2) is 33.3 Å². The molecule has 1 fully saturated rings. The highest BCUT2D eigenvalue weighted by molar-refractivity contribution is 5.95. The van der Waals surface area contributed by atoms with E-state index in [-0.39, 0.29) is 12.3 Å². The summed E-state index contributed by atoms with van der Waals surface area (Å²) in [6, 6.07) is 0.410. The van der Waals surface area contributed by atoms with Crippen molar-refractivity contribution in [3.05, 3.63) is 17.5 Å². The third-order valence-electron chi connectivity index (χ3n) is 4.06. The van der Waals surface area contributed by atoms with Gasteiger partial charge in [-0.1, -0.05) is 19.3 Å². The average Bonchev–Trinajstić information content (AvgIpc) is 2.86. The monoisotopic (exact) mass is 293 g/mol. The van der Waals surface area contributed by atoms with E-state index in [0.29, 0.717) is 24.6 Å². The van der Waals surface area contributed by atoms with Gasteiger partial charge in [-0.05, 0) is 26.2 Å². The van der Waals surface area contributed by atoms with Crippen molar-refractivity contribution >= 4 is 11.9 Å². The lowest BCUT2D eigenvalue weighted by Crippen LogP contribution is -2.25. The molecular weight excluding hydrogens is 270 g/mol. The summed E-state index contributed by atoms with van der Waals surface area (Å²) < 4.78 is 1.98. The molecule has 0 aliphatic heterocycles. The molecule has 6 heteroatoms. The molecule has 6 nitrogen and oxygen atoms in total. The number of hydrogen-bond acceptors (Lipinski definition) is 3. The smallest absolute Gasteiger partial charge is 0.303 e. The van der Waals surface area contributed by atoms with E-state index in [0.717, 1.165) is 18.5 Å². The number of carboxylic acid groups (broad SMARTS) is 1. The first-order valence-corrected chi connectivity index (χ1v) is 7.63. The van der Waals surface area contributed by atoms with Crippen LogP contribution in [0, 0.1) is 6.92 Å². The molecule has 1 aromatic rings. The molecule has 1 saturated carbocycles. The van der Waals surface area contributed by atoms with E-state index in [9.17, 15) is 9.59 Å². The van der Waals surface area contributed by atoms with E-state index in [2.05, 4.69) is 10.4 Å². The summed E-state index contributed by atoms with van der Waals surface area (Å²) >= 11 is 0. The number of nitrogens with one attached hydrogen (secondary N) is 1. The van der Waals surface area contributed by atoms with Gasteiger partial charge in [-0.15, -0.1) is 0 Å². The first-order chi connectivity index (χ1) is 10.1. The highest BCUT2D eigenvalue weighted by Gasteiger charge is 2.21. The molecule has 0 radical (unpaired) electrons. The predicted octanol–water partition coefficient (Wildman–Crippen LogP) is 2.29. The van der Waals surface area contributed by atoms with E-state index in [4.69, 9.17) is 5.11 Å². The van der Waals surface area contributed by atoms with E-state index in [1.807, 2.05) is 11.6 Å². The van der Waals surface area contributed by atoms with Gasteiger partial charge in [0.05, 0.1) is 17.8 Å². The fourth-order valence-corrected chi connectivity index (χ4v) is 2.88. The normalized spacial score (nSPS) is 15.9. The van der Waals surface area contributed by atoms with Crippen LogP contribution in [0.1, 0.15) is 67.0 Å². The maximum absolute atomic E-state index is 12.1.